The highest BCUT2D eigenvalue weighted by molar-refractivity contribution is 5.40. The summed E-state index contributed by atoms with van der Waals surface area (Å²) in [6, 6.07) is 9.84. The summed E-state index contributed by atoms with van der Waals surface area (Å²) in [7, 11) is 0. The molecule has 0 bridgehead atoms. The first kappa shape index (κ1) is 23.3. The molecule has 0 saturated carbocycles. The van der Waals surface area contributed by atoms with Crippen LogP contribution < -0.4 is 5.43 Å². The van der Waals surface area contributed by atoms with Gasteiger partial charge in [-0.15, -0.1) is 0 Å². The van der Waals surface area contributed by atoms with Gasteiger partial charge in [-0.3, -0.25) is 4.79 Å². The van der Waals surface area contributed by atoms with Gasteiger partial charge in [0.05, 0.1) is 5.69 Å². The smallest absolute Gasteiger partial charge is 0.223 e. The quantitative estimate of drug-likeness (QED) is 0.346. The van der Waals surface area contributed by atoms with Gasteiger partial charge in [-0.25, -0.2) is 0 Å². The molecule has 29 heavy (non-hydrogen) atoms. The molecule has 0 radical (unpaired) electrons. The number of nitrogens with zero attached hydrogens (tertiary/aromatic N) is 1. The maximum Gasteiger partial charge on any atom is 0.223 e. The van der Waals surface area contributed by atoms with Gasteiger partial charge < -0.3 is 9.67 Å². The van der Waals surface area contributed by atoms with Crippen molar-refractivity contribution in [2.75, 3.05) is 0 Å². The van der Waals surface area contributed by atoms with E-state index >= 15 is 0 Å². The zero-order valence-corrected chi connectivity index (χ0v) is 18.5. The summed E-state index contributed by atoms with van der Waals surface area (Å²) in [5.41, 5.74) is 2.56. The second kappa shape index (κ2) is 13.2. The minimum absolute atomic E-state index is 0.173. The molecule has 2 aromatic rings. The van der Waals surface area contributed by atoms with Gasteiger partial charge in [0.2, 0.25) is 5.43 Å². The number of hydrogen-bond acceptors (Lipinski definition) is 2. The predicted molar refractivity (Wildman–Crippen MR) is 123 cm³/mol. The van der Waals surface area contributed by atoms with Crippen molar-refractivity contribution in [3.05, 3.63) is 58.0 Å². The first-order valence-corrected chi connectivity index (χ1v) is 11.6. The maximum absolute atomic E-state index is 11.5. The van der Waals surface area contributed by atoms with Gasteiger partial charge in [-0.1, -0.05) is 89.7 Å². The first-order valence-electron chi connectivity index (χ1n) is 11.6. The summed E-state index contributed by atoms with van der Waals surface area (Å²) < 4.78 is 1.85. The van der Waals surface area contributed by atoms with E-state index in [1.807, 2.05) is 4.57 Å². The molecule has 0 aliphatic rings. The highest BCUT2D eigenvalue weighted by atomic mass is 16.3. The molecule has 1 aromatic heterocycles. The Morgan fingerprint density at radius 2 is 1.28 bits per heavy atom. The normalized spacial score (nSPS) is 11.1. The third kappa shape index (κ3) is 8.08. The van der Waals surface area contributed by atoms with Crippen LogP contribution in [0.25, 0.3) is 5.69 Å². The third-order valence-corrected chi connectivity index (χ3v) is 5.85. The van der Waals surface area contributed by atoms with Crippen molar-refractivity contribution in [1.29, 1.82) is 0 Å². The van der Waals surface area contributed by atoms with Gasteiger partial charge in [0, 0.05) is 18.0 Å². The summed E-state index contributed by atoms with van der Waals surface area (Å²) in [6.45, 7) is 4.04. The topological polar surface area (TPSA) is 42.2 Å². The van der Waals surface area contributed by atoms with Crippen molar-refractivity contribution in [3.8, 4) is 11.4 Å². The molecule has 1 N–H and O–H groups in total. The molecular formula is C26H39NO2. The van der Waals surface area contributed by atoms with Crippen molar-refractivity contribution in [2.45, 2.75) is 97.3 Å². The number of pyridine rings is 1. The Morgan fingerprint density at radius 1 is 0.759 bits per heavy atom. The second-order valence-corrected chi connectivity index (χ2v) is 8.29. The van der Waals surface area contributed by atoms with Crippen LogP contribution in [-0.2, 0) is 6.42 Å². The van der Waals surface area contributed by atoms with E-state index < -0.39 is 0 Å². The molecule has 3 nitrogen and oxygen atoms in total. The molecule has 1 aromatic carbocycles. The molecule has 3 heteroatoms. The van der Waals surface area contributed by atoms with E-state index in [1.165, 1.54) is 88.7 Å². The fourth-order valence-corrected chi connectivity index (χ4v) is 3.90. The van der Waals surface area contributed by atoms with Crippen molar-refractivity contribution in [1.82, 2.24) is 4.57 Å². The molecule has 0 aliphatic carbocycles. The van der Waals surface area contributed by atoms with Crippen LogP contribution in [0.2, 0.25) is 0 Å². The molecule has 0 unspecified atom stereocenters. The van der Waals surface area contributed by atoms with Crippen LogP contribution in [0.5, 0.6) is 5.75 Å². The van der Waals surface area contributed by atoms with Crippen molar-refractivity contribution < 1.29 is 5.11 Å². The fourth-order valence-electron chi connectivity index (χ4n) is 3.90. The Hall–Kier alpha value is -2.03. The van der Waals surface area contributed by atoms with Crippen LogP contribution in [-0.4, -0.2) is 9.67 Å². The highest BCUT2D eigenvalue weighted by Crippen LogP contribution is 2.18. The van der Waals surface area contributed by atoms with E-state index in [0.29, 0.717) is 5.69 Å². The number of aromatic hydroxyl groups is 1. The second-order valence-electron chi connectivity index (χ2n) is 8.29. The minimum Gasteiger partial charge on any atom is -0.503 e. The predicted octanol–water partition coefficient (Wildman–Crippen LogP) is 7.10. The molecule has 0 fully saturated rings. The van der Waals surface area contributed by atoms with Gasteiger partial charge >= 0.3 is 0 Å². The lowest BCUT2D eigenvalue weighted by Gasteiger charge is -2.12. The number of hydrogen-bond donors (Lipinski definition) is 1. The standard InChI is InChI=1S/C26H39NO2/c1-3-4-5-6-7-8-9-10-11-12-13-14-15-23-16-18-24(19-17-23)27-21-20-25(28)26(29)22(27)2/h16-21,29H,3-15H2,1-2H3. The van der Waals surface area contributed by atoms with E-state index in [9.17, 15) is 9.90 Å². The van der Waals surface area contributed by atoms with Crippen LogP contribution in [0.3, 0.4) is 0 Å². The van der Waals surface area contributed by atoms with Crippen LogP contribution in [0, 0.1) is 6.92 Å². The molecule has 2 rings (SSSR count). The molecular weight excluding hydrogens is 358 g/mol. The lowest BCUT2D eigenvalue weighted by Crippen LogP contribution is -2.08. The van der Waals surface area contributed by atoms with Gasteiger partial charge in [0.1, 0.15) is 0 Å². The monoisotopic (exact) mass is 397 g/mol. The third-order valence-electron chi connectivity index (χ3n) is 5.85. The first-order chi connectivity index (χ1) is 14.1. The van der Waals surface area contributed by atoms with E-state index in [1.54, 1.807) is 13.1 Å². The summed E-state index contributed by atoms with van der Waals surface area (Å²) >= 11 is 0. The largest absolute Gasteiger partial charge is 0.503 e. The Bertz CT molecular complexity index is 761. The lowest BCUT2D eigenvalue weighted by atomic mass is 10.0. The van der Waals surface area contributed by atoms with Gasteiger partial charge in [-0.05, 0) is 37.5 Å². The average Bonchev–Trinajstić information content (AvgIpc) is 2.73. The van der Waals surface area contributed by atoms with Crippen LogP contribution >= 0.6 is 0 Å². The Morgan fingerprint density at radius 3 is 1.83 bits per heavy atom. The van der Waals surface area contributed by atoms with Gasteiger partial charge in [0.25, 0.3) is 0 Å². The summed E-state index contributed by atoms with van der Waals surface area (Å²) in [4.78, 5) is 11.5. The zero-order chi connectivity index (χ0) is 20.9. The summed E-state index contributed by atoms with van der Waals surface area (Å²) in [5, 5.41) is 9.85. The van der Waals surface area contributed by atoms with Gasteiger partial charge in [-0.2, -0.15) is 0 Å². The minimum atomic E-state index is -0.331. The van der Waals surface area contributed by atoms with Crippen molar-refractivity contribution in [2.24, 2.45) is 0 Å². The van der Waals surface area contributed by atoms with E-state index in [4.69, 9.17) is 0 Å². The molecule has 0 atom stereocenters. The molecule has 160 valence electrons. The molecule has 0 amide bonds. The van der Waals surface area contributed by atoms with Crippen LogP contribution in [0.1, 0.15) is 95.2 Å². The Kier molecular flexibility index (Phi) is 10.6. The lowest BCUT2D eigenvalue weighted by molar-refractivity contribution is 0.459. The Balaban J connectivity index is 1.60. The molecule has 0 aliphatic heterocycles. The van der Waals surface area contributed by atoms with Crippen molar-refractivity contribution in [3.63, 3.8) is 0 Å². The maximum atomic E-state index is 11.5. The number of benzene rings is 1. The van der Waals surface area contributed by atoms with Crippen molar-refractivity contribution >= 4 is 0 Å². The summed E-state index contributed by atoms with van der Waals surface area (Å²) in [6.07, 6.45) is 19.4. The number of aromatic nitrogens is 1. The number of aryl methyl sites for hydroxylation is 1. The molecule has 0 saturated heterocycles. The average molecular weight is 398 g/mol. The van der Waals surface area contributed by atoms with Gasteiger partial charge in [0.15, 0.2) is 5.75 Å². The Labute approximate surface area is 176 Å². The SMILES string of the molecule is CCCCCCCCCCCCCCc1ccc(-n2ccc(=O)c(O)c2C)cc1. The number of rotatable bonds is 14. The number of unbranched alkanes of at least 4 members (excludes halogenated alkanes) is 11. The zero-order valence-electron chi connectivity index (χ0n) is 18.5. The van der Waals surface area contributed by atoms with E-state index in [2.05, 4.69) is 31.2 Å². The van der Waals surface area contributed by atoms with Crippen LogP contribution in [0.15, 0.2) is 41.3 Å². The summed E-state index contributed by atoms with van der Waals surface area (Å²) in [5.74, 6) is -0.173. The van der Waals surface area contributed by atoms with E-state index in [0.717, 1.165) is 12.1 Å². The molecule has 1 heterocycles. The van der Waals surface area contributed by atoms with E-state index in [-0.39, 0.29) is 11.2 Å². The fraction of sp³-hybridized carbons (Fsp3) is 0.577. The van der Waals surface area contributed by atoms with Crippen LogP contribution in [0.4, 0.5) is 0 Å². The highest BCUT2D eigenvalue weighted by Gasteiger charge is 2.06. The molecule has 0 spiro atoms.